The quantitative estimate of drug-likeness (QED) is 0.731. The van der Waals surface area contributed by atoms with Crippen molar-refractivity contribution in [3.8, 4) is 0 Å². The first-order chi connectivity index (χ1) is 13.5. The van der Waals surface area contributed by atoms with Crippen molar-refractivity contribution in [2.45, 2.75) is 70.4 Å². The number of hydrogen-bond acceptors (Lipinski definition) is 7. The van der Waals surface area contributed by atoms with Crippen LogP contribution in [0.25, 0.3) is 0 Å². The number of piperazine rings is 1. The van der Waals surface area contributed by atoms with Crippen molar-refractivity contribution in [1.82, 2.24) is 10.2 Å². The van der Waals surface area contributed by atoms with Crippen molar-refractivity contribution in [2.24, 2.45) is 23.7 Å². The summed E-state index contributed by atoms with van der Waals surface area (Å²) < 4.78 is 19.1. The minimum atomic E-state index is -0.719. The van der Waals surface area contributed by atoms with Crippen molar-refractivity contribution in [1.29, 1.82) is 0 Å². The third-order valence-corrected chi connectivity index (χ3v) is 8.00. The molecule has 0 amide bonds. The Kier molecular flexibility index (Phi) is 5.23. The van der Waals surface area contributed by atoms with Crippen LogP contribution in [0, 0.1) is 23.7 Å². The highest BCUT2D eigenvalue weighted by molar-refractivity contribution is 5.09. The molecule has 7 heteroatoms. The van der Waals surface area contributed by atoms with E-state index >= 15 is 0 Å². The Balaban J connectivity index is 1.31. The summed E-state index contributed by atoms with van der Waals surface area (Å²) in [5.41, 5.74) is -0.495. The van der Waals surface area contributed by atoms with Gasteiger partial charge in [-0.15, -0.1) is 0 Å². The number of hydrogen-bond donors (Lipinski definition) is 1. The molecule has 2 bridgehead atoms. The molecule has 1 saturated carbocycles. The highest BCUT2D eigenvalue weighted by atomic mass is 17.3. The number of nitrogens with one attached hydrogen (secondary N) is 1. The second kappa shape index (κ2) is 7.45. The van der Waals surface area contributed by atoms with Gasteiger partial charge in [-0.25, -0.2) is 9.78 Å². The van der Waals surface area contributed by atoms with E-state index in [-0.39, 0.29) is 12.2 Å². The average molecular weight is 397 g/mol. The van der Waals surface area contributed by atoms with E-state index in [2.05, 4.69) is 24.1 Å². The Morgan fingerprint density at radius 3 is 2.71 bits per heavy atom. The molecule has 0 radical (unpaired) electrons. The summed E-state index contributed by atoms with van der Waals surface area (Å²) in [6.45, 7) is 12.5. The third-order valence-electron chi connectivity index (χ3n) is 8.00. The van der Waals surface area contributed by atoms with Gasteiger partial charge in [-0.2, -0.15) is 0 Å². The van der Waals surface area contributed by atoms with Crippen LogP contribution in [0.3, 0.4) is 0 Å². The van der Waals surface area contributed by atoms with E-state index < -0.39 is 17.7 Å². The number of rotatable bonds is 4. The molecule has 0 aromatic heterocycles. The molecule has 7 nitrogen and oxygen atoms in total. The SMILES string of the molecule is C[C@@H]1CCC2[C@@H](C)[C@@H](OCCN3CCNCC3)O[C@@H]3O[C@@]4(C)CCC1[C@@]23OO4. The van der Waals surface area contributed by atoms with Crippen molar-refractivity contribution < 1.29 is 24.0 Å². The predicted molar refractivity (Wildman–Crippen MR) is 102 cm³/mol. The van der Waals surface area contributed by atoms with E-state index in [0.29, 0.717) is 24.4 Å². The molecule has 0 aromatic carbocycles. The van der Waals surface area contributed by atoms with Gasteiger partial charge in [0.2, 0.25) is 5.79 Å². The lowest BCUT2D eigenvalue weighted by Gasteiger charge is -2.60. The summed E-state index contributed by atoms with van der Waals surface area (Å²) in [6, 6.07) is 0. The molecule has 6 rings (SSSR count). The van der Waals surface area contributed by atoms with Crippen LogP contribution in [0.15, 0.2) is 0 Å². The van der Waals surface area contributed by atoms with Gasteiger partial charge >= 0.3 is 0 Å². The predicted octanol–water partition coefficient (Wildman–Crippen LogP) is 2.12. The van der Waals surface area contributed by atoms with Crippen LogP contribution in [0.1, 0.15) is 46.5 Å². The Labute approximate surface area is 168 Å². The Morgan fingerprint density at radius 1 is 1.07 bits per heavy atom. The highest BCUT2D eigenvalue weighted by Gasteiger charge is 2.69. The van der Waals surface area contributed by atoms with Crippen LogP contribution >= 0.6 is 0 Å². The van der Waals surface area contributed by atoms with Gasteiger partial charge in [-0.1, -0.05) is 13.8 Å². The lowest BCUT2D eigenvalue weighted by atomic mass is 9.58. The Hall–Kier alpha value is -0.280. The zero-order chi connectivity index (χ0) is 19.4. The van der Waals surface area contributed by atoms with E-state index in [4.69, 9.17) is 24.0 Å². The second-order valence-corrected chi connectivity index (χ2v) is 9.74. The van der Waals surface area contributed by atoms with Gasteiger partial charge in [0.15, 0.2) is 18.2 Å². The topological polar surface area (TPSA) is 61.4 Å². The molecule has 5 saturated heterocycles. The summed E-state index contributed by atoms with van der Waals surface area (Å²) in [6.07, 6.45) is 3.59. The zero-order valence-corrected chi connectivity index (χ0v) is 17.5. The zero-order valence-electron chi connectivity index (χ0n) is 17.5. The summed E-state index contributed by atoms with van der Waals surface area (Å²) in [5.74, 6) is 0.865. The molecule has 1 spiro atoms. The van der Waals surface area contributed by atoms with Crippen LogP contribution in [-0.4, -0.2) is 68.2 Å². The molecule has 6 aliphatic rings. The minimum absolute atomic E-state index is 0.246. The standard InChI is InChI=1S/C21H36N2O5/c1-14-4-5-17-15(2)18(24-13-12-23-10-8-22-9-11-23)25-19-21(17)16(14)6-7-20(3,26-19)27-28-21/h14-19,22H,4-13H2,1-3H3/t14-,15-,16?,17?,18+,19-,20-,21-/m1/s1. The molecule has 6 fully saturated rings. The van der Waals surface area contributed by atoms with Gasteiger partial charge in [0.1, 0.15) is 0 Å². The lowest BCUT2D eigenvalue weighted by Crippen LogP contribution is -2.70. The van der Waals surface area contributed by atoms with Crippen LogP contribution < -0.4 is 5.32 Å². The first-order valence-corrected chi connectivity index (χ1v) is 11.3. The number of nitrogens with zero attached hydrogens (tertiary/aromatic N) is 1. The van der Waals surface area contributed by atoms with Crippen LogP contribution in [-0.2, 0) is 24.0 Å². The first kappa shape index (κ1) is 19.7. The molecule has 1 aliphatic carbocycles. The summed E-state index contributed by atoms with van der Waals surface area (Å²) in [4.78, 5) is 14.5. The Bertz CT molecular complexity index is 573. The van der Waals surface area contributed by atoms with Gasteiger partial charge in [0.25, 0.3) is 0 Å². The van der Waals surface area contributed by atoms with Gasteiger partial charge in [-0.3, -0.25) is 4.90 Å². The van der Waals surface area contributed by atoms with Gasteiger partial charge in [0, 0.05) is 51.0 Å². The maximum Gasteiger partial charge on any atom is 0.201 e. The fourth-order valence-corrected chi connectivity index (χ4v) is 6.30. The van der Waals surface area contributed by atoms with Gasteiger partial charge < -0.3 is 19.5 Å². The summed E-state index contributed by atoms with van der Waals surface area (Å²) in [5, 5.41) is 3.39. The molecular weight excluding hydrogens is 360 g/mol. The van der Waals surface area contributed by atoms with E-state index in [1.165, 1.54) is 6.42 Å². The van der Waals surface area contributed by atoms with Crippen LogP contribution in [0.2, 0.25) is 0 Å². The number of fused-ring (bicyclic) bond motifs is 2. The molecule has 0 aromatic rings. The van der Waals surface area contributed by atoms with E-state index in [9.17, 15) is 0 Å². The molecule has 5 aliphatic heterocycles. The van der Waals surface area contributed by atoms with Crippen molar-refractivity contribution in [3.05, 3.63) is 0 Å². The fraction of sp³-hybridized carbons (Fsp3) is 1.00. The normalized spacial score (nSPS) is 51.5. The van der Waals surface area contributed by atoms with E-state index in [0.717, 1.165) is 52.0 Å². The van der Waals surface area contributed by atoms with Crippen molar-refractivity contribution in [2.75, 3.05) is 39.3 Å². The smallest absolute Gasteiger partial charge is 0.201 e. The molecule has 160 valence electrons. The molecular formula is C21H36N2O5. The van der Waals surface area contributed by atoms with Crippen LogP contribution in [0.4, 0.5) is 0 Å². The monoisotopic (exact) mass is 396 g/mol. The first-order valence-electron chi connectivity index (χ1n) is 11.3. The third kappa shape index (κ3) is 3.14. The summed E-state index contributed by atoms with van der Waals surface area (Å²) >= 11 is 0. The van der Waals surface area contributed by atoms with Crippen molar-refractivity contribution >= 4 is 0 Å². The van der Waals surface area contributed by atoms with E-state index in [1.54, 1.807) is 0 Å². The maximum atomic E-state index is 6.47. The highest BCUT2D eigenvalue weighted by Crippen LogP contribution is 2.60. The lowest BCUT2D eigenvalue weighted by molar-refractivity contribution is -0.577. The maximum absolute atomic E-state index is 6.47. The second-order valence-electron chi connectivity index (χ2n) is 9.74. The molecule has 2 unspecified atom stereocenters. The fourth-order valence-electron chi connectivity index (χ4n) is 6.30. The average Bonchev–Trinajstić information content (AvgIpc) is 2.92. The molecule has 5 heterocycles. The van der Waals surface area contributed by atoms with Gasteiger partial charge in [0.05, 0.1) is 6.61 Å². The largest absolute Gasteiger partial charge is 0.351 e. The van der Waals surface area contributed by atoms with Crippen LogP contribution in [0.5, 0.6) is 0 Å². The van der Waals surface area contributed by atoms with Crippen molar-refractivity contribution in [3.63, 3.8) is 0 Å². The minimum Gasteiger partial charge on any atom is -0.351 e. The Morgan fingerprint density at radius 2 is 1.89 bits per heavy atom. The molecule has 8 atom stereocenters. The van der Waals surface area contributed by atoms with Gasteiger partial charge in [-0.05, 0) is 38.0 Å². The molecule has 28 heavy (non-hydrogen) atoms. The molecule has 1 N–H and O–H groups in total. The summed E-state index contributed by atoms with van der Waals surface area (Å²) in [7, 11) is 0. The van der Waals surface area contributed by atoms with E-state index in [1.807, 2.05) is 6.92 Å². The number of ether oxygens (including phenoxy) is 3.